The fourth-order valence-electron chi connectivity index (χ4n) is 1.70. The highest BCUT2D eigenvalue weighted by atomic mass is 35.5. The minimum Gasteiger partial charge on any atom is -0.394 e. The molecule has 2 rings (SSSR count). The lowest BCUT2D eigenvalue weighted by Gasteiger charge is -2.18. The van der Waals surface area contributed by atoms with Gasteiger partial charge < -0.3 is 10.4 Å². The van der Waals surface area contributed by atoms with Gasteiger partial charge in [-0.05, 0) is 29.8 Å². The lowest BCUT2D eigenvalue weighted by Crippen LogP contribution is -2.14. The van der Waals surface area contributed by atoms with Crippen LogP contribution in [0.25, 0.3) is 0 Å². The number of halogens is 2. The maximum atomic E-state index is 13.1. The van der Waals surface area contributed by atoms with E-state index in [9.17, 15) is 9.50 Å². The van der Waals surface area contributed by atoms with Crippen molar-refractivity contribution in [2.24, 2.45) is 0 Å². The van der Waals surface area contributed by atoms with Crippen molar-refractivity contribution in [2.75, 3.05) is 11.9 Å². The van der Waals surface area contributed by atoms with E-state index in [0.717, 1.165) is 11.3 Å². The molecule has 0 fully saturated rings. The van der Waals surface area contributed by atoms with E-state index in [4.69, 9.17) is 11.6 Å². The Balaban J connectivity index is 2.20. The smallest absolute Gasteiger partial charge is 0.141 e. The molecule has 0 aromatic heterocycles. The first kappa shape index (κ1) is 12.9. The van der Waals surface area contributed by atoms with Crippen molar-refractivity contribution in [1.29, 1.82) is 0 Å². The molecule has 4 heteroatoms. The molecule has 2 nitrogen and oxygen atoms in total. The molecular weight excluding hydrogens is 253 g/mol. The van der Waals surface area contributed by atoms with Gasteiger partial charge in [-0.2, -0.15) is 0 Å². The second-order valence-electron chi connectivity index (χ2n) is 3.92. The van der Waals surface area contributed by atoms with Gasteiger partial charge in [0, 0.05) is 5.69 Å². The molecule has 0 spiro atoms. The van der Waals surface area contributed by atoms with Gasteiger partial charge in [0.05, 0.1) is 17.7 Å². The van der Waals surface area contributed by atoms with Gasteiger partial charge in [-0.15, -0.1) is 0 Å². The Labute approximate surface area is 110 Å². The van der Waals surface area contributed by atoms with E-state index in [1.807, 2.05) is 30.3 Å². The second-order valence-corrected chi connectivity index (χ2v) is 4.33. The number of hydrogen-bond acceptors (Lipinski definition) is 2. The number of hydrogen-bond donors (Lipinski definition) is 2. The predicted octanol–water partition coefficient (Wildman–Crippen LogP) is 3.62. The summed E-state index contributed by atoms with van der Waals surface area (Å²) >= 11 is 5.73. The summed E-state index contributed by atoms with van der Waals surface area (Å²) in [7, 11) is 0. The molecule has 1 unspecified atom stereocenters. The molecular formula is C14H13ClFNO. The van der Waals surface area contributed by atoms with Crippen LogP contribution < -0.4 is 5.32 Å². The Kier molecular flexibility index (Phi) is 4.18. The Morgan fingerprint density at radius 2 is 1.89 bits per heavy atom. The van der Waals surface area contributed by atoms with Crippen molar-refractivity contribution in [1.82, 2.24) is 0 Å². The highest BCUT2D eigenvalue weighted by Gasteiger charge is 2.12. The van der Waals surface area contributed by atoms with Crippen LogP contribution in [0.15, 0.2) is 48.5 Å². The maximum absolute atomic E-state index is 13.1. The zero-order valence-electron chi connectivity index (χ0n) is 9.61. The van der Waals surface area contributed by atoms with Crippen molar-refractivity contribution in [3.8, 4) is 0 Å². The van der Waals surface area contributed by atoms with Crippen LogP contribution in [0.3, 0.4) is 0 Å². The fourth-order valence-corrected chi connectivity index (χ4v) is 1.89. The number of benzene rings is 2. The number of para-hydroxylation sites is 1. The van der Waals surface area contributed by atoms with Crippen LogP contribution in [-0.2, 0) is 0 Å². The summed E-state index contributed by atoms with van der Waals surface area (Å²) in [5.41, 5.74) is 1.63. The first-order chi connectivity index (χ1) is 8.70. The van der Waals surface area contributed by atoms with Crippen LogP contribution in [0, 0.1) is 5.82 Å². The van der Waals surface area contributed by atoms with E-state index in [-0.39, 0.29) is 17.7 Å². The molecule has 0 amide bonds. The van der Waals surface area contributed by atoms with Gasteiger partial charge in [0.15, 0.2) is 0 Å². The van der Waals surface area contributed by atoms with Crippen molar-refractivity contribution in [2.45, 2.75) is 6.04 Å². The largest absolute Gasteiger partial charge is 0.394 e. The highest BCUT2D eigenvalue weighted by Crippen LogP contribution is 2.23. The molecule has 0 saturated heterocycles. The highest BCUT2D eigenvalue weighted by molar-refractivity contribution is 6.30. The predicted molar refractivity (Wildman–Crippen MR) is 71.3 cm³/mol. The van der Waals surface area contributed by atoms with Crippen LogP contribution in [0.1, 0.15) is 11.6 Å². The number of rotatable bonds is 4. The SMILES string of the molecule is OCC(Nc1ccccc1)c1ccc(F)c(Cl)c1. The zero-order valence-corrected chi connectivity index (χ0v) is 10.4. The molecule has 2 aromatic carbocycles. The van der Waals surface area contributed by atoms with E-state index in [2.05, 4.69) is 5.32 Å². The van der Waals surface area contributed by atoms with E-state index >= 15 is 0 Å². The summed E-state index contributed by atoms with van der Waals surface area (Å²) < 4.78 is 13.1. The molecule has 18 heavy (non-hydrogen) atoms. The first-order valence-electron chi connectivity index (χ1n) is 5.58. The molecule has 0 aliphatic heterocycles. The van der Waals surface area contributed by atoms with Gasteiger partial charge in [-0.1, -0.05) is 35.9 Å². The van der Waals surface area contributed by atoms with Gasteiger partial charge in [0.2, 0.25) is 0 Å². The summed E-state index contributed by atoms with van der Waals surface area (Å²) in [5, 5.41) is 12.6. The summed E-state index contributed by atoms with van der Waals surface area (Å²) in [6, 6.07) is 13.6. The van der Waals surface area contributed by atoms with Crippen molar-refractivity contribution >= 4 is 17.3 Å². The lowest BCUT2D eigenvalue weighted by atomic mass is 10.1. The van der Waals surface area contributed by atoms with E-state index in [0.29, 0.717) is 0 Å². The third kappa shape index (κ3) is 3.00. The van der Waals surface area contributed by atoms with E-state index < -0.39 is 5.82 Å². The molecule has 94 valence electrons. The maximum Gasteiger partial charge on any atom is 0.141 e. The number of aliphatic hydroxyl groups is 1. The summed E-state index contributed by atoms with van der Waals surface area (Å²) in [4.78, 5) is 0. The van der Waals surface area contributed by atoms with Crippen molar-refractivity contribution in [3.05, 3.63) is 64.9 Å². The number of aliphatic hydroxyl groups excluding tert-OH is 1. The zero-order chi connectivity index (χ0) is 13.0. The van der Waals surface area contributed by atoms with Gasteiger partial charge in [0.1, 0.15) is 5.82 Å². The van der Waals surface area contributed by atoms with Crippen LogP contribution in [0.2, 0.25) is 5.02 Å². The summed E-state index contributed by atoms with van der Waals surface area (Å²) in [5.74, 6) is -0.461. The Morgan fingerprint density at radius 1 is 1.17 bits per heavy atom. The van der Waals surface area contributed by atoms with Gasteiger partial charge in [0.25, 0.3) is 0 Å². The molecule has 0 radical (unpaired) electrons. The minimum absolute atomic E-state index is 0.0563. The Morgan fingerprint density at radius 3 is 2.50 bits per heavy atom. The second kappa shape index (κ2) is 5.85. The number of nitrogens with one attached hydrogen (secondary N) is 1. The van der Waals surface area contributed by atoms with Crippen LogP contribution >= 0.6 is 11.6 Å². The Hall–Kier alpha value is -1.58. The molecule has 2 N–H and O–H groups in total. The molecule has 1 atom stereocenters. The third-order valence-electron chi connectivity index (χ3n) is 2.64. The van der Waals surface area contributed by atoms with E-state index in [1.165, 1.54) is 12.1 Å². The van der Waals surface area contributed by atoms with Crippen LogP contribution in [0.4, 0.5) is 10.1 Å². The third-order valence-corrected chi connectivity index (χ3v) is 2.93. The fraction of sp³-hybridized carbons (Fsp3) is 0.143. The van der Waals surface area contributed by atoms with Crippen molar-refractivity contribution < 1.29 is 9.50 Å². The molecule has 0 aliphatic carbocycles. The standard InChI is InChI=1S/C14H13ClFNO/c15-12-8-10(6-7-13(12)16)14(9-18)17-11-4-2-1-3-5-11/h1-8,14,17-18H,9H2. The van der Waals surface area contributed by atoms with E-state index in [1.54, 1.807) is 6.07 Å². The van der Waals surface area contributed by atoms with Gasteiger partial charge >= 0.3 is 0 Å². The molecule has 2 aromatic rings. The minimum atomic E-state index is -0.461. The van der Waals surface area contributed by atoms with Crippen LogP contribution in [-0.4, -0.2) is 11.7 Å². The topological polar surface area (TPSA) is 32.3 Å². The summed E-state index contributed by atoms with van der Waals surface area (Å²) in [6.45, 7) is -0.100. The quantitative estimate of drug-likeness (QED) is 0.885. The molecule has 0 saturated carbocycles. The van der Waals surface area contributed by atoms with Gasteiger partial charge in [-0.25, -0.2) is 4.39 Å². The molecule has 0 aliphatic rings. The normalized spacial score (nSPS) is 12.2. The molecule has 0 bridgehead atoms. The Bertz CT molecular complexity index is 518. The van der Waals surface area contributed by atoms with Gasteiger partial charge in [-0.3, -0.25) is 0 Å². The average molecular weight is 266 g/mol. The number of anilines is 1. The lowest BCUT2D eigenvalue weighted by molar-refractivity contribution is 0.276. The summed E-state index contributed by atoms with van der Waals surface area (Å²) in [6.07, 6.45) is 0. The van der Waals surface area contributed by atoms with Crippen molar-refractivity contribution in [3.63, 3.8) is 0 Å². The molecule has 0 heterocycles. The van der Waals surface area contributed by atoms with Crippen LogP contribution in [0.5, 0.6) is 0 Å². The monoisotopic (exact) mass is 265 g/mol. The first-order valence-corrected chi connectivity index (χ1v) is 5.96. The average Bonchev–Trinajstić information content (AvgIpc) is 2.40.